The van der Waals surface area contributed by atoms with Crippen LogP contribution in [0.15, 0.2) is 22.8 Å². The van der Waals surface area contributed by atoms with Crippen molar-refractivity contribution in [2.24, 2.45) is 5.41 Å². The highest BCUT2D eigenvalue weighted by atomic mass is 28.4. The van der Waals surface area contributed by atoms with Gasteiger partial charge in [0, 0.05) is 0 Å². The molecule has 0 radical (unpaired) electrons. The molecule has 2 atom stereocenters. The topological polar surface area (TPSA) is 29.5 Å². The lowest BCUT2D eigenvalue weighted by molar-refractivity contribution is 0.201. The highest BCUT2D eigenvalue weighted by molar-refractivity contribution is 6.74. The van der Waals surface area contributed by atoms with Crippen LogP contribution in [0, 0.1) is 5.41 Å². The summed E-state index contributed by atoms with van der Waals surface area (Å²) in [5, 5.41) is 10.2. The molecular formula is C22H40O2Si. The van der Waals surface area contributed by atoms with Gasteiger partial charge in [0.2, 0.25) is 0 Å². The smallest absolute Gasteiger partial charge is 0.192 e. The van der Waals surface area contributed by atoms with Crippen molar-refractivity contribution in [3.8, 4) is 0 Å². The van der Waals surface area contributed by atoms with Crippen molar-refractivity contribution >= 4 is 8.32 Å². The van der Waals surface area contributed by atoms with Gasteiger partial charge in [-0.3, -0.25) is 0 Å². The lowest BCUT2D eigenvalue weighted by atomic mass is 9.68. The molecule has 2 nitrogen and oxygen atoms in total. The van der Waals surface area contributed by atoms with Crippen LogP contribution in [0.1, 0.15) is 79.6 Å². The molecule has 2 aliphatic carbocycles. The van der Waals surface area contributed by atoms with Crippen LogP contribution in [-0.4, -0.2) is 26.1 Å². The molecule has 144 valence electrons. The average molecular weight is 365 g/mol. The summed E-state index contributed by atoms with van der Waals surface area (Å²) in [6, 6.07) is 0. The maximum atomic E-state index is 9.89. The summed E-state index contributed by atoms with van der Waals surface area (Å²) in [5.41, 5.74) is 4.42. The minimum Gasteiger partial charge on any atom is -0.410 e. The van der Waals surface area contributed by atoms with Crippen LogP contribution in [-0.2, 0) is 4.43 Å². The second-order valence-electron chi connectivity index (χ2n) is 10.1. The van der Waals surface area contributed by atoms with E-state index >= 15 is 0 Å². The molecule has 0 aromatic rings. The Kier molecular flexibility index (Phi) is 6.44. The first-order valence-corrected chi connectivity index (χ1v) is 13.1. The lowest BCUT2D eigenvalue weighted by Gasteiger charge is -2.40. The van der Waals surface area contributed by atoms with Crippen LogP contribution in [0.25, 0.3) is 0 Å². The second kappa shape index (κ2) is 7.70. The molecule has 0 unspecified atom stereocenters. The van der Waals surface area contributed by atoms with E-state index in [-0.39, 0.29) is 17.1 Å². The Hall–Kier alpha value is -0.383. The van der Waals surface area contributed by atoms with Gasteiger partial charge in [-0.25, -0.2) is 0 Å². The van der Waals surface area contributed by atoms with Crippen molar-refractivity contribution in [2.75, 3.05) is 6.61 Å². The van der Waals surface area contributed by atoms with Crippen molar-refractivity contribution in [1.29, 1.82) is 0 Å². The number of hydrogen-bond donors (Lipinski definition) is 1. The van der Waals surface area contributed by atoms with Crippen molar-refractivity contribution in [3.05, 3.63) is 22.8 Å². The molecule has 0 heterocycles. The third-order valence-electron chi connectivity index (χ3n) is 7.14. The van der Waals surface area contributed by atoms with E-state index in [2.05, 4.69) is 53.8 Å². The predicted molar refractivity (Wildman–Crippen MR) is 110 cm³/mol. The van der Waals surface area contributed by atoms with Gasteiger partial charge in [0.15, 0.2) is 8.32 Å². The van der Waals surface area contributed by atoms with E-state index in [4.69, 9.17) is 4.43 Å². The summed E-state index contributed by atoms with van der Waals surface area (Å²) >= 11 is 0. The van der Waals surface area contributed by atoms with Crippen LogP contribution >= 0.6 is 0 Å². The molecule has 0 bridgehead atoms. The van der Waals surface area contributed by atoms with Gasteiger partial charge in [-0.1, -0.05) is 39.3 Å². The van der Waals surface area contributed by atoms with E-state index in [1.54, 1.807) is 0 Å². The Morgan fingerprint density at radius 1 is 1.32 bits per heavy atom. The number of aliphatic hydroxyl groups excluding tert-OH is 1. The number of aliphatic hydroxyl groups is 1. The third-order valence-corrected chi connectivity index (χ3v) is 11.6. The Balaban J connectivity index is 2.04. The zero-order valence-corrected chi connectivity index (χ0v) is 18.7. The van der Waals surface area contributed by atoms with E-state index in [1.165, 1.54) is 29.6 Å². The van der Waals surface area contributed by atoms with Crippen LogP contribution in [0.4, 0.5) is 0 Å². The van der Waals surface area contributed by atoms with E-state index in [0.717, 1.165) is 32.1 Å². The van der Waals surface area contributed by atoms with Gasteiger partial charge < -0.3 is 9.53 Å². The lowest BCUT2D eigenvalue weighted by Crippen LogP contribution is -2.44. The summed E-state index contributed by atoms with van der Waals surface area (Å²) in [7, 11) is -1.72. The minimum atomic E-state index is -1.72. The van der Waals surface area contributed by atoms with Gasteiger partial charge >= 0.3 is 0 Å². The fourth-order valence-electron chi connectivity index (χ4n) is 4.25. The second-order valence-corrected chi connectivity index (χ2v) is 14.8. The minimum absolute atomic E-state index is 0.169. The molecule has 0 aromatic carbocycles. The van der Waals surface area contributed by atoms with Crippen LogP contribution in [0.5, 0.6) is 0 Å². The van der Waals surface area contributed by atoms with Crippen molar-refractivity contribution in [2.45, 2.75) is 104 Å². The van der Waals surface area contributed by atoms with E-state index in [9.17, 15) is 5.11 Å². The molecule has 0 saturated heterocycles. The van der Waals surface area contributed by atoms with E-state index in [0.29, 0.717) is 6.10 Å². The maximum absolute atomic E-state index is 9.89. The van der Waals surface area contributed by atoms with Crippen LogP contribution in [0.2, 0.25) is 18.1 Å². The number of rotatable bonds is 6. The molecule has 2 aliphatic rings. The fraction of sp³-hybridized carbons (Fsp3) is 0.818. The first-order chi connectivity index (χ1) is 11.5. The molecule has 2 rings (SSSR count). The van der Waals surface area contributed by atoms with Crippen molar-refractivity contribution < 1.29 is 9.53 Å². The first-order valence-electron chi connectivity index (χ1n) is 10.2. The quantitative estimate of drug-likeness (QED) is 0.438. The van der Waals surface area contributed by atoms with Crippen molar-refractivity contribution in [1.82, 2.24) is 0 Å². The summed E-state index contributed by atoms with van der Waals surface area (Å²) in [5.74, 6) is 0. The molecule has 0 saturated carbocycles. The molecule has 0 fully saturated rings. The van der Waals surface area contributed by atoms with Gasteiger partial charge in [-0.15, -0.1) is 0 Å². The molecule has 1 N–H and O–H groups in total. The summed E-state index contributed by atoms with van der Waals surface area (Å²) in [6.07, 6.45) is 11.0. The molecule has 0 aromatic heterocycles. The molecule has 0 aliphatic heterocycles. The molecule has 0 amide bonds. The highest BCUT2D eigenvalue weighted by Gasteiger charge is 2.41. The van der Waals surface area contributed by atoms with E-state index < -0.39 is 8.32 Å². The van der Waals surface area contributed by atoms with Crippen molar-refractivity contribution in [3.63, 3.8) is 0 Å². The highest BCUT2D eigenvalue weighted by Crippen LogP contribution is 2.46. The summed E-state index contributed by atoms with van der Waals surface area (Å²) in [4.78, 5) is 0. The fourth-order valence-corrected chi connectivity index (χ4v) is 5.58. The zero-order valence-electron chi connectivity index (χ0n) is 17.7. The third kappa shape index (κ3) is 4.67. The van der Waals surface area contributed by atoms with Gasteiger partial charge in [0.05, 0.1) is 12.7 Å². The molecule has 25 heavy (non-hydrogen) atoms. The largest absolute Gasteiger partial charge is 0.410 e. The number of allylic oxidation sites excluding steroid dienone is 2. The molecule has 3 heteroatoms. The summed E-state index contributed by atoms with van der Waals surface area (Å²) in [6.45, 7) is 16.5. The zero-order chi connectivity index (χ0) is 18.9. The first kappa shape index (κ1) is 20.9. The van der Waals surface area contributed by atoms with Gasteiger partial charge in [0.1, 0.15) is 0 Å². The average Bonchev–Trinajstić information content (AvgIpc) is 2.91. The van der Waals surface area contributed by atoms with Gasteiger partial charge in [0.25, 0.3) is 0 Å². The standard InChI is InChI=1S/C22H40O2Si/c1-17-10-9-14-22(5,19(17)16-23)15-13-18-11-8-12-20(18)24-25(6,7)21(2,3)4/h11,20,23H,8-10,12-16H2,1-7H3/t20-,22+/m1/s1. The Morgan fingerprint density at radius 3 is 2.60 bits per heavy atom. The SMILES string of the molecule is CC1=C(CO)[C@](C)(CCC2=CCC[C@H]2O[Si](C)(C)C(C)(C)C)CCC1. The number of hydrogen-bond acceptors (Lipinski definition) is 2. The monoisotopic (exact) mass is 364 g/mol. The van der Waals surface area contributed by atoms with Crippen LogP contribution in [0.3, 0.4) is 0 Å². The van der Waals surface area contributed by atoms with E-state index in [1.807, 2.05) is 0 Å². The molecular weight excluding hydrogens is 324 g/mol. The van der Waals surface area contributed by atoms with Crippen LogP contribution < -0.4 is 0 Å². The Bertz CT molecular complexity index is 539. The predicted octanol–water partition coefficient (Wildman–Crippen LogP) is 6.38. The normalized spacial score (nSPS) is 28.5. The maximum Gasteiger partial charge on any atom is 0.192 e. The van der Waals surface area contributed by atoms with Gasteiger partial charge in [-0.05, 0) is 86.6 Å². The Labute approximate surface area is 156 Å². The molecule has 0 spiro atoms. The Morgan fingerprint density at radius 2 is 2.00 bits per heavy atom. The van der Waals surface area contributed by atoms with Gasteiger partial charge in [-0.2, -0.15) is 0 Å². The summed E-state index contributed by atoms with van der Waals surface area (Å²) < 4.78 is 6.73.